The van der Waals surface area contributed by atoms with Gasteiger partial charge in [0.05, 0.1) is 0 Å². The van der Waals surface area contributed by atoms with Crippen molar-refractivity contribution in [2.75, 3.05) is 6.54 Å². The van der Waals surface area contributed by atoms with Crippen molar-refractivity contribution in [3.63, 3.8) is 0 Å². The molecule has 0 saturated heterocycles. The van der Waals surface area contributed by atoms with Crippen LogP contribution in [0.5, 0.6) is 0 Å². The molecule has 0 spiro atoms. The SMILES string of the molecule is CCCC(=O)NCC(N)CC(C)(C)C. The summed E-state index contributed by atoms with van der Waals surface area (Å²) < 4.78 is 0. The monoisotopic (exact) mass is 200 g/mol. The van der Waals surface area contributed by atoms with Gasteiger partial charge < -0.3 is 11.1 Å². The Hall–Kier alpha value is -0.570. The topological polar surface area (TPSA) is 55.1 Å². The number of hydrogen-bond acceptors (Lipinski definition) is 2. The van der Waals surface area contributed by atoms with Crippen LogP contribution >= 0.6 is 0 Å². The highest BCUT2D eigenvalue weighted by Crippen LogP contribution is 2.19. The lowest BCUT2D eigenvalue weighted by Crippen LogP contribution is -2.39. The Morgan fingerprint density at radius 2 is 2.00 bits per heavy atom. The molecule has 1 atom stereocenters. The predicted octanol–water partition coefficient (Wildman–Crippen LogP) is 1.67. The third-order valence-electron chi connectivity index (χ3n) is 1.91. The lowest BCUT2D eigenvalue weighted by Gasteiger charge is -2.23. The van der Waals surface area contributed by atoms with Gasteiger partial charge in [0.15, 0.2) is 0 Å². The molecule has 0 aromatic carbocycles. The van der Waals surface area contributed by atoms with Gasteiger partial charge in [0.25, 0.3) is 0 Å². The van der Waals surface area contributed by atoms with Gasteiger partial charge in [0.1, 0.15) is 0 Å². The van der Waals surface area contributed by atoms with E-state index in [1.165, 1.54) is 0 Å². The number of hydrogen-bond donors (Lipinski definition) is 2. The minimum absolute atomic E-state index is 0.0656. The number of nitrogens with one attached hydrogen (secondary N) is 1. The fourth-order valence-corrected chi connectivity index (χ4v) is 1.42. The minimum Gasteiger partial charge on any atom is -0.355 e. The summed E-state index contributed by atoms with van der Waals surface area (Å²) in [7, 11) is 0. The van der Waals surface area contributed by atoms with E-state index in [1.54, 1.807) is 0 Å². The van der Waals surface area contributed by atoms with E-state index in [1.807, 2.05) is 6.92 Å². The van der Waals surface area contributed by atoms with Gasteiger partial charge >= 0.3 is 0 Å². The third-order valence-corrected chi connectivity index (χ3v) is 1.91. The number of carbonyl (C=O) groups is 1. The Morgan fingerprint density at radius 3 is 2.43 bits per heavy atom. The Bertz CT molecular complexity index is 173. The van der Waals surface area contributed by atoms with Crippen molar-refractivity contribution in [1.82, 2.24) is 5.32 Å². The number of amides is 1. The van der Waals surface area contributed by atoms with Crippen molar-refractivity contribution in [3.05, 3.63) is 0 Å². The molecule has 3 N–H and O–H groups in total. The van der Waals surface area contributed by atoms with Crippen molar-refractivity contribution in [2.45, 2.75) is 53.0 Å². The molecule has 1 unspecified atom stereocenters. The lowest BCUT2D eigenvalue weighted by atomic mass is 9.88. The fourth-order valence-electron chi connectivity index (χ4n) is 1.42. The zero-order chi connectivity index (χ0) is 11.2. The van der Waals surface area contributed by atoms with Crippen LogP contribution in [-0.4, -0.2) is 18.5 Å². The third kappa shape index (κ3) is 8.05. The molecule has 0 saturated carbocycles. The molecule has 0 aromatic heterocycles. The molecule has 0 aliphatic carbocycles. The molecule has 0 heterocycles. The summed E-state index contributed by atoms with van der Waals surface area (Å²) in [5.74, 6) is 0.108. The average Bonchev–Trinajstić information content (AvgIpc) is 1.98. The maximum absolute atomic E-state index is 11.1. The van der Waals surface area contributed by atoms with Crippen LogP contribution in [0.15, 0.2) is 0 Å². The smallest absolute Gasteiger partial charge is 0.220 e. The van der Waals surface area contributed by atoms with Crippen LogP contribution in [0.2, 0.25) is 0 Å². The van der Waals surface area contributed by atoms with Gasteiger partial charge in [-0.15, -0.1) is 0 Å². The second-order valence-electron chi connectivity index (χ2n) is 5.08. The lowest BCUT2D eigenvalue weighted by molar-refractivity contribution is -0.121. The van der Waals surface area contributed by atoms with Crippen LogP contribution in [0.3, 0.4) is 0 Å². The van der Waals surface area contributed by atoms with Crippen LogP contribution < -0.4 is 11.1 Å². The van der Waals surface area contributed by atoms with Crippen molar-refractivity contribution in [2.24, 2.45) is 11.1 Å². The summed E-state index contributed by atoms with van der Waals surface area (Å²) in [6.45, 7) is 9.05. The van der Waals surface area contributed by atoms with Crippen LogP contribution in [0.1, 0.15) is 47.0 Å². The Morgan fingerprint density at radius 1 is 1.43 bits per heavy atom. The molecule has 0 radical (unpaired) electrons. The molecule has 1 amide bonds. The standard InChI is InChI=1S/C11H24N2O/c1-5-6-10(14)13-8-9(12)7-11(2,3)4/h9H,5-8,12H2,1-4H3,(H,13,14). The van der Waals surface area contributed by atoms with Crippen molar-refractivity contribution < 1.29 is 4.79 Å². The van der Waals surface area contributed by atoms with Crippen molar-refractivity contribution in [1.29, 1.82) is 0 Å². The zero-order valence-electron chi connectivity index (χ0n) is 9.89. The van der Waals surface area contributed by atoms with E-state index >= 15 is 0 Å². The van der Waals surface area contributed by atoms with E-state index in [0.29, 0.717) is 13.0 Å². The first-order valence-electron chi connectivity index (χ1n) is 5.37. The highest BCUT2D eigenvalue weighted by Gasteiger charge is 2.15. The zero-order valence-corrected chi connectivity index (χ0v) is 9.89. The molecule has 0 aliphatic rings. The first kappa shape index (κ1) is 13.4. The second kappa shape index (κ2) is 6.02. The molecule has 0 rings (SSSR count). The molecular formula is C11H24N2O. The van der Waals surface area contributed by atoms with Crippen LogP contribution in [0, 0.1) is 5.41 Å². The maximum atomic E-state index is 11.1. The molecule has 0 aliphatic heterocycles. The predicted molar refractivity (Wildman–Crippen MR) is 60.0 cm³/mol. The van der Waals surface area contributed by atoms with Crippen molar-refractivity contribution >= 4 is 5.91 Å². The van der Waals surface area contributed by atoms with E-state index in [4.69, 9.17) is 5.73 Å². The number of carbonyl (C=O) groups excluding carboxylic acids is 1. The summed E-state index contributed by atoms with van der Waals surface area (Å²) in [6, 6.07) is 0.0656. The first-order valence-corrected chi connectivity index (χ1v) is 5.37. The van der Waals surface area contributed by atoms with Gasteiger partial charge in [-0.1, -0.05) is 27.7 Å². The quantitative estimate of drug-likeness (QED) is 0.709. The molecule has 14 heavy (non-hydrogen) atoms. The van der Waals surface area contributed by atoms with Crippen LogP contribution in [0.25, 0.3) is 0 Å². The van der Waals surface area contributed by atoms with Gasteiger partial charge in [-0.05, 0) is 18.3 Å². The highest BCUT2D eigenvalue weighted by molar-refractivity contribution is 5.75. The Balaban J connectivity index is 3.63. The molecule has 3 nitrogen and oxygen atoms in total. The summed E-state index contributed by atoms with van der Waals surface area (Å²) >= 11 is 0. The summed E-state index contributed by atoms with van der Waals surface area (Å²) in [4.78, 5) is 11.1. The largest absolute Gasteiger partial charge is 0.355 e. The number of nitrogens with two attached hydrogens (primary N) is 1. The number of rotatable bonds is 5. The van der Waals surface area contributed by atoms with E-state index in [2.05, 4.69) is 26.1 Å². The summed E-state index contributed by atoms with van der Waals surface area (Å²) in [5.41, 5.74) is 6.12. The van der Waals surface area contributed by atoms with Gasteiger partial charge in [0, 0.05) is 19.0 Å². The molecular weight excluding hydrogens is 176 g/mol. The molecule has 3 heteroatoms. The van der Waals surface area contributed by atoms with E-state index in [0.717, 1.165) is 12.8 Å². The normalized spacial score (nSPS) is 13.8. The van der Waals surface area contributed by atoms with Gasteiger partial charge in [-0.25, -0.2) is 0 Å². The second-order valence-corrected chi connectivity index (χ2v) is 5.08. The summed E-state index contributed by atoms with van der Waals surface area (Å²) in [6.07, 6.45) is 2.42. The van der Waals surface area contributed by atoms with E-state index < -0.39 is 0 Å². The van der Waals surface area contributed by atoms with E-state index in [-0.39, 0.29) is 17.4 Å². The van der Waals surface area contributed by atoms with Crippen molar-refractivity contribution in [3.8, 4) is 0 Å². The summed E-state index contributed by atoms with van der Waals surface area (Å²) in [5, 5.41) is 2.84. The fraction of sp³-hybridized carbons (Fsp3) is 0.909. The minimum atomic E-state index is 0.0656. The van der Waals surface area contributed by atoms with E-state index in [9.17, 15) is 4.79 Å². The molecule has 0 fully saturated rings. The Kier molecular flexibility index (Phi) is 5.77. The molecule has 0 bridgehead atoms. The van der Waals surface area contributed by atoms with Gasteiger partial charge in [-0.3, -0.25) is 4.79 Å². The maximum Gasteiger partial charge on any atom is 0.220 e. The average molecular weight is 200 g/mol. The Labute approximate surface area is 87.4 Å². The molecule has 0 aromatic rings. The first-order chi connectivity index (χ1) is 6.35. The van der Waals surface area contributed by atoms with Gasteiger partial charge in [0.2, 0.25) is 5.91 Å². The van der Waals surface area contributed by atoms with Gasteiger partial charge in [-0.2, -0.15) is 0 Å². The highest BCUT2D eigenvalue weighted by atomic mass is 16.1. The van der Waals surface area contributed by atoms with Crippen LogP contribution in [-0.2, 0) is 4.79 Å². The van der Waals surface area contributed by atoms with Crippen LogP contribution in [0.4, 0.5) is 0 Å². The molecule has 84 valence electrons.